The molecule has 0 spiro atoms. The topological polar surface area (TPSA) is 75.0 Å². The molecule has 0 aliphatic carbocycles. The van der Waals surface area contributed by atoms with Gasteiger partial charge in [-0.1, -0.05) is 23.2 Å². The zero-order valence-electron chi connectivity index (χ0n) is 14.8. The van der Waals surface area contributed by atoms with Gasteiger partial charge in [0.25, 0.3) is 0 Å². The van der Waals surface area contributed by atoms with Crippen molar-refractivity contribution in [1.29, 1.82) is 5.26 Å². The quantitative estimate of drug-likeness (QED) is 0.333. The zero-order valence-corrected chi connectivity index (χ0v) is 18.0. The number of thiophene rings is 2. The second-order valence-corrected chi connectivity index (χ2v) is 8.88. The molecule has 0 saturated heterocycles. The maximum atomic E-state index is 11.0. The summed E-state index contributed by atoms with van der Waals surface area (Å²) in [5, 5.41) is 13.6. The van der Waals surface area contributed by atoms with Crippen LogP contribution in [0.5, 0.6) is 5.75 Å². The highest BCUT2D eigenvalue weighted by molar-refractivity contribution is 7.26. The highest BCUT2D eigenvalue weighted by Gasteiger charge is 2.17. The summed E-state index contributed by atoms with van der Waals surface area (Å²) < 4.78 is 6.08. The van der Waals surface area contributed by atoms with Crippen LogP contribution in [-0.4, -0.2) is 18.4 Å². The van der Waals surface area contributed by atoms with E-state index in [0.29, 0.717) is 37.6 Å². The molecule has 1 aromatic carbocycles. The Labute approximate surface area is 184 Å². The van der Waals surface area contributed by atoms with Crippen molar-refractivity contribution in [3.63, 3.8) is 0 Å². The second-order valence-electron chi connectivity index (χ2n) is 5.90. The number of carbonyl (C=O) groups excluding carboxylic acids is 1. The molecule has 5 nitrogen and oxygen atoms in total. The number of rotatable bonds is 5. The van der Waals surface area contributed by atoms with Crippen LogP contribution in [0.3, 0.4) is 0 Å². The van der Waals surface area contributed by atoms with Gasteiger partial charge in [-0.25, -0.2) is 0 Å². The molecular formula is C20H11Cl2N3O2S2. The summed E-state index contributed by atoms with van der Waals surface area (Å²) in [7, 11) is 1.52. The predicted octanol–water partition coefficient (Wildman–Crippen LogP) is 6.77. The average molecular weight is 460 g/mol. The van der Waals surface area contributed by atoms with Crippen molar-refractivity contribution in [1.82, 2.24) is 4.98 Å². The number of nitriles is 1. The SMILES string of the molecule is COc1cc(Nc2c(C#N)cnc3cc(-c4ccc(C=O)s4)sc23)c(Cl)cc1Cl. The number of hydrogen-bond acceptors (Lipinski definition) is 7. The van der Waals surface area contributed by atoms with Crippen LogP contribution < -0.4 is 10.1 Å². The minimum absolute atomic E-state index is 0.385. The molecule has 0 fully saturated rings. The summed E-state index contributed by atoms with van der Waals surface area (Å²) in [6.07, 6.45) is 2.35. The first kappa shape index (κ1) is 19.7. The highest BCUT2D eigenvalue weighted by Crippen LogP contribution is 2.42. The molecule has 4 rings (SSSR count). The molecule has 1 N–H and O–H groups in total. The third kappa shape index (κ3) is 3.68. The number of anilines is 2. The Morgan fingerprint density at radius 1 is 1.17 bits per heavy atom. The lowest BCUT2D eigenvalue weighted by Gasteiger charge is -2.13. The van der Waals surface area contributed by atoms with E-state index >= 15 is 0 Å². The molecule has 0 aliphatic rings. The fourth-order valence-corrected chi connectivity index (χ4v) is 5.30. The van der Waals surface area contributed by atoms with Crippen molar-refractivity contribution in [3.8, 4) is 21.6 Å². The van der Waals surface area contributed by atoms with E-state index in [1.165, 1.54) is 36.0 Å². The number of pyridine rings is 1. The lowest BCUT2D eigenvalue weighted by Crippen LogP contribution is -1.97. The van der Waals surface area contributed by atoms with Crippen LogP contribution in [0.15, 0.2) is 36.5 Å². The summed E-state index contributed by atoms with van der Waals surface area (Å²) in [4.78, 5) is 18.0. The first-order valence-electron chi connectivity index (χ1n) is 8.22. The van der Waals surface area contributed by atoms with Crippen LogP contribution in [0.2, 0.25) is 10.0 Å². The van der Waals surface area contributed by atoms with Gasteiger partial charge < -0.3 is 10.1 Å². The number of aromatic nitrogens is 1. The highest BCUT2D eigenvalue weighted by atomic mass is 35.5. The molecule has 0 bridgehead atoms. The van der Waals surface area contributed by atoms with Crippen molar-refractivity contribution in [2.45, 2.75) is 0 Å². The van der Waals surface area contributed by atoms with Crippen LogP contribution in [0.25, 0.3) is 20.0 Å². The number of methoxy groups -OCH3 is 1. The van der Waals surface area contributed by atoms with E-state index in [1.54, 1.807) is 18.2 Å². The molecule has 0 atom stereocenters. The lowest BCUT2D eigenvalue weighted by molar-refractivity contribution is 0.112. The van der Waals surface area contributed by atoms with Crippen molar-refractivity contribution in [2.75, 3.05) is 12.4 Å². The Kier molecular flexibility index (Phi) is 5.43. The van der Waals surface area contributed by atoms with Crippen LogP contribution >= 0.6 is 45.9 Å². The molecule has 0 radical (unpaired) electrons. The number of nitrogens with zero attached hydrogens (tertiary/aromatic N) is 2. The molecule has 0 unspecified atom stereocenters. The number of carbonyl (C=O) groups is 1. The average Bonchev–Trinajstić information content (AvgIpc) is 3.36. The van der Waals surface area contributed by atoms with Crippen LogP contribution in [0, 0.1) is 11.3 Å². The van der Waals surface area contributed by atoms with Crippen LogP contribution in [0.1, 0.15) is 15.2 Å². The van der Waals surface area contributed by atoms with Crippen LogP contribution in [-0.2, 0) is 0 Å². The zero-order chi connectivity index (χ0) is 20.5. The van der Waals surface area contributed by atoms with E-state index in [1.807, 2.05) is 12.1 Å². The monoisotopic (exact) mass is 459 g/mol. The summed E-state index contributed by atoms with van der Waals surface area (Å²) in [5.74, 6) is 0.467. The Balaban J connectivity index is 1.85. The predicted molar refractivity (Wildman–Crippen MR) is 119 cm³/mol. The number of benzene rings is 1. The van der Waals surface area contributed by atoms with Crippen molar-refractivity contribution in [2.24, 2.45) is 0 Å². The third-order valence-corrected chi connectivity index (χ3v) is 7.11. The smallest absolute Gasteiger partial charge is 0.160 e. The Hall–Kier alpha value is -2.63. The minimum atomic E-state index is 0.385. The Bertz CT molecular complexity index is 1290. The first-order valence-corrected chi connectivity index (χ1v) is 10.6. The van der Waals surface area contributed by atoms with Gasteiger partial charge in [-0.3, -0.25) is 9.78 Å². The standard InChI is InChI=1S/C20H11Cl2N3O2S2/c1-27-16-5-14(12(21)4-13(16)22)25-19-10(7-23)8-24-15-6-18(29-20(15)19)17-3-2-11(9-26)28-17/h2-6,8-9H,1H3,(H,24,25). The molecular weight excluding hydrogens is 449 g/mol. The number of fused-ring (bicyclic) bond motifs is 1. The normalized spacial score (nSPS) is 10.7. The summed E-state index contributed by atoms with van der Waals surface area (Å²) in [6, 6.07) is 11.1. The van der Waals surface area contributed by atoms with Gasteiger partial charge in [0.2, 0.25) is 0 Å². The number of hydrogen-bond donors (Lipinski definition) is 1. The van der Waals surface area contributed by atoms with E-state index in [0.717, 1.165) is 26.3 Å². The van der Waals surface area contributed by atoms with Gasteiger partial charge >= 0.3 is 0 Å². The van der Waals surface area contributed by atoms with Gasteiger partial charge in [0, 0.05) is 22.0 Å². The fraction of sp³-hybridized carbons (Fsp3) is 0.0500. The molecule has 4 aromatic rings. The molecule has 3 aromatic heterocycles. The maximum absolute atomic E-state index is 11.0. The number of nitrogens with one attached hydrogen (secondary N) is 1. The van der Waals surface area contributed by atoms with Gasteiger partial charge in [0.1, 0.15) is 11.8 Å². The minimum Gasteiger partial charge on any atom is -0.495 e. The number of aldehydes is 1. The number of halogens is 2. The van der Waals surface area contributed by atoms with E-state index in [9.17, 15) is 10.1 Å². The van der Waals surface area contributed by atoms with Gasteiger partial charge in [0.05, 0.1) is 49.2 Å². The molecule has 0 amide bonds. The van der Waals surface area contributed by atoms with Gasteiger partial charge in [-0.2, -0.15) is 5.26 Å². The summed E-state index contributed by atoms with van der Waals surface area (Å²) in [5.41, 5.74) is 2.29. The molecule has 144 valence electrons. The molecule has 0 aliphatic heterocycles. The van der Waals surface area contributed by atoms with Gasteiger partial charge in [-0.15, -0.1) is 22.7 Å². The fourth-order valence-electron chi connectivity index (χ4n) is 2.77. The number of ether oxygens (including phenoxy) is 1. The first-order chi connectivity index (χ1) is 14.0. The summed E-state index contributed by atoms with van der Waals surface area (Å²) in [6.45, 7) is 0. The molecule has 29 heavy (non-hydrogen) atoms. The van der Waals surface area contributed by atoms with E-state index in [4.69, 9.17) is 27.9 Å². The van der Waals surface area contributed by atoms with E-state index < -0.39 is 0 Å². The third-order valence-electron chi connectivity index (χ3n) is 4.15. The molecule has 9 heteroatoms. The molecule has 0 saturated carbocycles. The Morgan fingerprint density at radius 2 is 2.00 bits per heavy atom. The van der Waals surface area contributed by atoms with Gasteiger partial charge in [0.15, 0.2) is 6.29 Å². The lowest BCUT2D eigenvalue weighted by atomic mass is 10.2. The van der Waals surface area contributed by atoms with E-state index in [2.05, 4.69) is 16.4 Å². The van der Waals surface area contributed by atoms with E-state index in [-0.39, 0.29) is 0 Å². The molecule has 3 heterocycles. The van der Waals surface area contributed by atoms with Crippen molar-refractivity contribution >= 4 is 73.8 Å². The van der Waals surface area contributed by atoms with Crippen molar-refractivity contribution < 1.29 is 9.53 Å². The maximum Gasteiger partial charge on any atom is 0.160 e. The Morgan fingerprint density at radius 3 is 2.69 bits per heavy atom. The van der Waals surface area contributed by atoms with Gasteiger partial charge in [-0.05, 0) is 24.3 Å². The van der Waals surface area contributed by atoms with Crippen molar-refractivity contribution in [3.05, 3.63) is 57.0 Å². The largest absolute Gasteiger partial charge is 0.495 e. The summed E-state index contributed by atoms with van der Waals surface area (Å²) >= 11 is 15.4. The second kappa shape index (κ2) is 8.01. The van der Waals surface area contributed by atoms with Crippen LogP contribution in [0.4, 0.5) is 11.4 Å².